The number of amides is 1. The summed E-state index contributed by atoms with van der Waals surface area (Å²) in [5.41, 5.74) is 0. The van der Waals surface area contributed by atoms with E-state index in [1.54, 1.807) is 18.2 Å². The van der Waals surface area contributed by atoms with E-state index in [9.17, 15) is 13.2 Å². The Kier molecular flexibility index (Phi) is 5.38. The van der Waals surface area contributed by atoms with Crippen LogP contribution in [0.2, 0.25) is 0 Å². The second kappa shape index (κ2) is 7.10. The molecule has 2 rings (SSSR count). The van der Waals surface area contributed by atoms with Crippen LogP contribution in [0.25, 0.3) is 10.8 Å². The Labute approximate surface area is 137 Å². The number of likely N-dealkylation sites (N-methyl/N-ethyl adjacent to an activating group) is 1. The molecule has 124 valence electrons. The van der Waals surface area contributed by atoms with E-state index in [2.05, 4.69) is 5.32 Å². The molecule has 0 atom stereocenters. The maximum absolute atomic E-state index is 12.6. The van der Waals surface area contributed by atoms with Crippen molar-refractivity contribution < 1.29 is 13.2 Å². The van der Waals surface area contributed by atoms with Gasteiger partial charge in [-0.3, -0.25) is 4.79 Å². The molecule has 0 spiro atoms. The second-order valence-electron chi connectivity index (χ2n) is 5.97. The molecule has 0 aromatic heterocycles. The number of fused-ring (bicyclic) bond motifs is 1. The smallest absolute Gasteiger partial charge is 0.243 e. The highest BCUT2D eigenvalue weighted by Crippen LogP contribution is 2.21. The molecular weight excluding hydrogens is 312 g/mol. The number of nitrogens with zero attached hydrogens (tertiary/aromatic N) is 1. The zero-order valence-corrected chi connectivity index (χ0v) is 14.4. The Hall–Kier alpha value is -1.92. The Balaban J connectivity index is 2.17. The Morgan fingerprint density at radius 1 is 1.13 bits per heavy atom. The fourth-order valence-corrected chi connectivity index (χ4v) is 3.33. The van der Waals surface area contributed by atoms with Crippen molar-refractivity contribution in [3.63, 3.8) is 0 Å². The van der Waals surface area contributed by atoms with Crippen LogP contribution in [0, 0.1) is 5.92 Å². The maximum Gasteiger partial charge on any atom is 0.243 e. The summed E-state index contributed by atoms with van der Waals surface area (Å²) in [7, 11) is -2.28. The molecule has 23 heavy (non-hydrogen) atoms. The monoisotopic (exact) mass is 334 g/mol. The fourth-order valence-electron chi connectivity index (χ4n) is 2.17. The van der Waals surface area contributed by atoms with Gasteiger partial charge in [0, 0.05) is 13.6 Å². The van der Waals surface area contributed by atoms with Crippen molar-refractivity contribution in [3.05, 3.63) is 42.5 Å². The summed E-state index contributed by atoms with van der Waals surface area (Å²) in [5.74, 6) is 0.0203. The largest absolute Gasteiger partial charge is 0.355 e. The summed E-state index contributed by atoms with van der Waals surface area (Å²) < 4.78 is 26.3. The van der Waals surface area contributed by atoms with Crippen molar-refractivity contribution in [1.82, 2.24) is 9.62 Å². The van der Waals surface area contributed by atoms with E-state index in [4.69, 9.17) is 0 Å². The lowest BCUT2D eigenvalue weighted by Gasteiger charge is -2.17. The third-order valence-corrected chi connectivity index (χ3v) is 5.30. The highest BCUT2D eigenvalue weighted by Gasteiger charge is 2.23. The number of hydrogen-bond acceptors (Lipinski definition) is 3. The summed E-state index contributed by atoms with van der Waals surface area (Å²) >= 11 is 0. The fraction of sp³-hybridized carbons (Fsp3) is 0.353. The average Bonchev–Trinajstić information content (AvgIpc) is 2.52. The van der Waals surface area contributed by atoms with E-state index in [0.29, 0.717) is 12.5 Å². The van der Waals surface area contributed by atoms with Gasteiger partial charge in [-0.05, 0) is 28.8 Å². The molecule has 0 aliphatic heterocycles. The van der Waals surface area contributed by atoms with Crippen LogP contribution in [-0.4, -0.2) is 38.8 Å². The number of sulfonamides is 1. The van der Waals surface area contributed by atoms with Gasteiger partial charge in [-0.2, -0.15) is 4.31 Å². The predicted octanol–water partition coefficient (Wildman–Crippen LogP) is 2.23. The molecule has 1 N–H and O–H groups in total. The van der Waals surface area contributed by atoms with Gasteiger partial charge >= 0.3 is 0 Å². The number of benzene rings is 2. The first-order chi connectivity index (χ1) is 10.8. The molecule has 0 unspecified atom stereocenters. The summed E-state index contributed by atoms with van der Waals surface area (Å²) in [5, 5.41) is 4.55. The lowest BCUT2D eigenvalue weighted by Crippen LogP contribution is -2.39. The van der Waals surface area contributed by atoms with Gasteiger partial charge in [0.25, 0.3) is 0 Å². The number of carbonyl (C=O) groups is 1. The van der Waals surface area contributed by atoms with Gasteiger partial charge in [0.2, 0.25) is 15.9 Å². The molecule has 2 aromatic carbocycles. The van der Waals surface area contributed by atoms with Gasteiger partial charge in [-0.25, -0.2) is 8.42 Å². The van der Waals surface area contributed by atoms with E-state index in [-0.39, 0.29) is 17.3 Å². The van der Waals surface area contributed by atoms with Crippen LogP contribution in [0.15, 0.2) is 47.4 Å². The lowest BCUT2D eigenvalue weighted by molar-refractivity contribution is -0.121. The van der Waals surface area contributed by atoms with Crippen LogP contribution in [0.5, 0.6) is 0 Å². The first kappa shape index (κ1) is 17.4. The highest BCUT2D eigenvalue weighted by molar-refractivity contribution is 7.89. The number of rotatable bonds is 6. The molecule has 0 aliphatic carbocycles. The zero-order chi connectivity index (χ0) is 17.0. The molecule has 2 aromatic rings. The minimum Gasteiger partial charge on any atom is -0.355 e. The highest BCUT2D eigenvalue weighted by atomic mass is 32.2. The van der Waals surface area contributed by atoms with Crippen LogP contribution < -0.4 is 5.32 Å². The quantitative estimate of drug-likeness (QED) is 0.881. The van der Waals surface area contributed by atoms with Crippen molar-refractivity contribution in [2.75, 3.05) is 20.1 Å². The summed E-state index contributed by atoms with van der Waals surface area (Å²) in [4.78, 5) is 12.0. The van der Waals surface area contributed by atoms with E-state index in [1.165, 1.54) is 7.05 Å². The van der Waals surface area contributed by atoms with E-state index in [0.717, 1.165) is 15.1 Å². The van der Waals surface area contributed by atoms with Gasteiger partial charge in [-0.1, -0.05) is 44.2 Å². The van der Waals surface area contributed by atoms with E-state index < -0.39 is 10.0 Å². The molecule has 0 heterocycles. The maximum atomic E-state index is 12.6. The molecule has 5 nitrogen and oxygen atoms in total. The van der Waals surface area contributed by atoms with Gasteiger partial charge in [0.1, 0.15) is 0 Å². The molecule has 0 radical (unpaired) electrons. The molecule has 0 fully saturated rings. The normalized spacial score (nSPS) is 12.0. The molecule has 6 heteroatoms. The summed E-state index contributed by atoms with van der Waals surface area (Å²) in [6.07, 6.45) is 0. The zero-order valence-electron chi connectivity index (χ0n) is 13.6. The standard InChI is InChI=1S/C17H22N2O3S/c1-13(2)11-18-17(20)12-19(3)23(21,22)16-9-8-14-6-4-5-7-15(14)10-16/h4-10,13H,11-12H2,1-3H3,(H,18,20). The molecular formula is C17H22N2O3S. The van der Waals surface area contributed by atoms with Crippen LogP contribution in [-0.2, 0) is 14.8 Å². The van der Waals surface area contributed by atoms with Crippen molar-refractivity contribution in [2.45, 2.75) is 18.7 Å². The average molecular weight is 334 g/mol. The predicted molar refractivity (Wildman–Crippen MR) is 91.6 cm³/mol. The lowest BCUT2D eigenvalue weighted by atomic mass is 10.1. The van der Waals surface area contributed by atoms with Crippen LogP contribution in [0.1, 0.15) is 13.8 Å². The Morgan fingerprint density at radius 2 is 1.78 bits per heavy atom. The minimum atomic E-state index is -3.69. The summed E-state index contributed by atoms with van der Waals surface area (Å²) in [6.45, 7) is 4.30. The van der Waals surface area contributed by atoms with Gasteiger partial charge in [-0.15, -0.1) is 0 Å². The van der Waals surface area contributed by atoms with E-state index >= 15 is 0 Å². The van der Waals surface area contributed by atoms with Crippen molar-refractivity contribution in [3.8, 4) is 0 Å². The third-order valence-electron chi connectivity index (χ3n) is 3.50. The molecule has 0 aliphatic rings. The second-order valence-corrected chi connectivity index (χ2v) is 8.01. The molecule has 0 saturated heterocycles. The Morgan fingerprint density at radius 3 is 2.43 bits per heavy atom. The van der Waals surface area contributed by atoms with Crippen molar-refractivity contribution in [2.24, 2.45) is 5.92 Å². The Bertz CT molecular complexity index is 800. The first-order valence-electron chi connectivity index (χ1n) is 7.52. The van der Waals surface area contributed by atoms with Crippen LogP contribution >= 0.6 is 0 Å². The van der Waals surface area contributed by atoms with E-state index in [1.807, 2.05) is 38.1 Å². The summed E-state index contributed by atoms with van der Waals surface area (Å²) in [6, 6.07) is 12.5. The topological polar surface area (TPSA) is 66.5 Å². The molecule has 0 saturated carbocycles. The van der Waals surface area contributed by atoms with Crippen molar-refractivity contribution >= 4 is 26.7 Å². The molecule has 0 bridgehead atoms. The van der Waals surface area contributed by atoms with Gasteiger partial charge in [0.05, 0.1) is 11.4 Å². The number of hydrogen-bond donors (Lipinski definition) is 1. The number of nitrogens with one attached hydrogen (secondary N) is 1. The van der Waals surface area contributed by atoms with Crippen LogP contribution in [0.4, 0.5) is 0 Å². The minimum absolute atomic E-state index is 0.190. The van der Waals surface area contributed by atoms with Crippen LogP contribution in [0.3, 0.4) is 0 Å². The first-order valence-corrected chi connectivity index (χ1v) is 8.96. The SMILES string of the molecule is CC(C)CNC(=O)CN(C)S(=O)(=O)c1ccc2ccccc2c1. The van der Waals surface area contributed by atoms with Gasteiger partial charge in [0.15, 0.2) is 0 Å². The van der Waals surface area contributed by atoms with Gasteiger partial charge < -0.3 is 5.32 Å². The third kappa shape index (κ3) is 4.30. The number of carbonyl (C=O) groups excluding carboxylic acids is 1. The molecule has 1 amide bonds. The van der Waals surface area contributed by atoms with Crippen molar-refractivity contribution in [1.29, 1.82) is 0 Å².